The molecule has 5 nitrogen and oxygen atoms in total. The summed E-state index contributed by atoms with van der Waals surface area (Å²) in [6, 6.07) is 5.74. The number of anilines is 1. The number of hydrogen-bond acceptors (Lipinski definition) is 4. The van der Waals surface area contributed by atoms with E-state index < -0.39 is 9.84 Å². The zero-order valence-electron chi connectivity index (χ0n) is 10.1. The van der Waals surface area contributed by atoms with Gasteiger partial charge in [0.15, 0.2) is 9.84 Å². The molecule has 18 heavy (non-hydrogen) atoms. The van der Waals surface area contributed by atoms with Crippen LogP contribution >= 0.6 is 0 Å². The number of rotatable bonds is 1. The summed E-state index contributed by atoms with van der Waals surface area (Å²) in [5.74, 6) is 0.807. The third kappa shape index (κ3) is 1.68. The Morgan fingerprint density at radius 3 is 2.89 bits per heavy atom. The van der Waals surface area contributed by atoms with E-state index in [4.69, 9.17) is 5.73 Å². The molecule has 1 atom stereocenters. The molecule has 2 heterocycles. The summed E-state index contributed by atoms with van der Waals surface area (Å²) in [4.78, 5) is 4.31. The number of imidazole rings is 1. The maximum atomic E-state index is 11.6. The van der Waals surface area contributed by atoms with Gasteiger partial charge in [0.25, 0.3) is 0 Å². The number of aryl methyl sites for hydroxylation is 1. The van der Waals surface area contributed by atoms with Crippen LogP contribution in [-0.2, 0) is 9.84 Å². The highest BCUT2D eigenvalue weighted by molar-refractivity contribution is 7.91. The van der Waals surface area contributed by atoms with Gasteiger partial charge in [0.05, 0.1) is 28.6 Å². The number of benzene rings is 1. The van der Waals surface area contributed by atoms with Crippen LogP contribution in [0.25, 0.3) is 11.0 Å². The van der Waals surface area contributed by atoms with E-state index in [1.54, 1.807) is 0 Å². The lowest BCUT2D eigenvalue weighted by Crippen LogP contribution is -2.13. The zero-order valence-corrected chi connectivity index (χ0v) is 10.9. The van der Waals surface area contributed by atoms with Crippen molar-refractivity contribution in [3.05, 3.63) is 23.8 Å². The highest BCUT2D eigenvalue weighted by atomic mass is 32.2. The first kappa shape index (κ1) is 11.5. The third-order valence-electron chi connectivity index (χ3n) is 3.51. The van der Waals surface area contributed by atoms with Crippen LogP contribution in [0, 0.1) is 6.92 Å². The van der Waals surface area contributed by atoms with E-state index in [0.717, 1.165) is 16.6 Å². The first-order valence-corrected chi connectivity index (χ1v) is 7.73. The molecule has 0 saturated carbocycles. The van der Waals surface area contributed by atoms with Gasteiger partial charge in [-0.25, -0.2) is 13.4 Å². The molecule has 96 valence electrons. The average molecular weight is 265 g/mol. The lowest BCUT2D eigenvalue weighted by Gasteiger charge is -2.14. The van der Waals surface area contributed by atoms with Crippen molar-refractivity contribution in [3.8, 4) is 0 Å². The van der Waals surface area contributed by atoms with Gasteiger partial charge < -0.3 is 10.3 Å². The number of hydrogen-bond donors (Lipinski definition) is 1. The highest BCUT2D eigenvalue weighted by Gasteiger charge is 2.31. The van der Waals surface area contributed by atoms with Gasteiger partial charge in [-0.3, -0.25) is 0 Å². The average Bonchev–Trinajstić information content (AvgIpc) is 2.79. The second-order valence-electron chi connectivity index (χ2n) is 4.84. The molecule has 1 saturated heterocycles. The van der Waals surface area contributed by atoms with Crippen LogP contribution in [0.2, 0.25) is 0 Å². The maximum absolute atomic E-state index is 11.6. The maximum Gasteiger partial charge on any atom is 0.201 e. The lowest BCUT2D eigenvalue weighted by atomic mass is 10.2. The molecule has 2 aromatic rings. The van der Waals surface area contributed by atoms with E-state index in [1.165, 1.54) is 0 Å². The fourth-order valence-electron chi connectivity index (χ4n) is 2.69. The zero-order chi connectivity index (χ0) is 12.9. The van der Waals surface area contributed by atoms with Gasteiger partial charge in [-0.15, -0.1) is 0 Å². The Hall–Kier alpha value is -1.56. The number of nitrogen functional groups attached to an aromatic ring is 1. The number of para-hydroxylation sites is 1. The molecule has 1 unspecified atom stereocenters. The van der Waals surface area contributed by atoms with Crippen LogP contribution < -0.4 is 5.73 Å². The number of nitrogens with two attached hydrogens (primary N) is 1. The fourth-order valence-corrected chi connectivity index (χ4v) is 4.39. The Morgan fingerprint density at radius 2 is 2.22 bits per heavy atom. The first-order chi connectivity index (χ1) is 8.48. The van der Waals surface area contributed by atoms with Crippen LogP contribution in [0.5, 0.6) is 0 Å². The summed E-state index contributed by atoms with van der Waals surface area (Å²) in [5, 5.41) is 0. The number of nitrogens with zero attached hydrogens (tertiary/aromatic N) is 2. The minimum absolute atomic E-state index is 0.0823. The smallest absolute Gasteiger partial charge is 0.201 e. The van der Waals surface area contributed by atoms with Crippen molar-refractivity contribution >= 4 is 26.8 Å². The van der Waals surface area contributed by atoms with E-state index in [9.17, 15) is 8.42 Å². The Balaban J connectivity index is 2.20. The van der Waals surface area contributed by atoms with Crippen molar-refractivity contribution in [3.63, 3.8) is 0 Å². The molecule has 1 fully saturated rings. The number of sulfone groups is 1. The van der Waals surface area contributed by atoms with E-state index in [1.807, 2.05) is 29.7 Å². The molecular weight excluding hydrogens is 250 g/mol. The molecule has 0 spiro atoms. The minimum atomic E-state index is -2.92. The highest BCUT2D eigenvalue weighted by Crippen LogP contribution is 2.31. The second kappa shape index (κ2) is 3.71. The Morgan fingerprint density at radius 1 is 1.44 bits per heavy atom. The van der Waals surface area contributed by atoms with Crippen molar-refractivity contribution in [2.24, 2.45) is 0 Å². The van der Waals surface area contributed by atoms with Gasteiger partial charge >= 0.3 is 0 Å². The molecule has 3 rings (SSSR count). The fraction of sp³-hybridized carbons (Fsp3) is 0.417. The Labute approximate surface area is 106 Å². The van der Waals surface area contributed by atoms with Crippen LogP contribution in [-0.4, -0.2) is 29.5 Å². The summed E-state index contributed by atoms with van der Waals surface area (Å²) in [5.41, 5.74) is 8.80. The van der Waals surface area contributed by atoms with E-state index in [0.29, 0.717) is 12.4 Å². The Bertz CT molecular complexity index is 718. The van der Waals surface area contributed by atoms with Crippen molar-refractivity contribution < 1.29 is 8.42 Å². The van der Waals surface area contributed by atoms with Gasteiger partial charge in [0.1, 0.15) is 0 Å². The largest absolute Gasteiger partial charge is 0.369 e. The lowest BCUT2D eigenvalue weighted by molar-refractivity contribution is 0.574. The monoisotopic (exact) mass is 265 g/mol. The van der Waals surface area contributed by atoms with Crippen LogP contribution in [0.4, 0.5) is 5.95 Å². The Kier molecular flexibility index (Phi) is 2.38. The summed E-state index contributed by atoms with van der Waals surface area (Å²) < 4.78 is 25.1. The van der Waals surface area contributed by atoms with E-state index in [2.05, 4.69) is 4.98 Å². The normalized spacial score (nSPS) is 22.6. The molecule has 0 radical (unpaired) electrons. The van der Waals surface area contributed by atoms with Crippen LogP contribution in [0.1, 0.15) is 18.0 Å². The van der Waals surface area contributed by atoms with Crippen LogP contribution in [0.3, 0.4) is 0 Å². The summed E-state index contributed by atoms with van der Waals surface area (Å²) in [6.07, 6.45) is 0.617. The second-order valence-corrected chi connectivity index (χ2v) is 7.07. The molecule has 2 N–H and O–H groups in total. The number of aromatic nitrogens is 2. The SMILES string of the molecule is Cc1cccc2nc(N)n(C3CCS(=O)(=O)C3)c12. The van der Waals surface area contributed by atoms with Crippen molar-refractivity contribution in [1.29, 1.82) is 0 Å². The predicted octanol–water partition coefficient (Wildman–Crippen LogP) is 1.29. The van der Waals surface area contributed by atoms with Gasteiger partial charge in [-0.1, -0.05) is 12.1 Å². The topological polar surface area (TPSA) is 78.0 Å². The van der Waals surface area contributed by atoms with Crippen molar-refractivity contribution in [2.45, 2.75) is 19.4 Å². The van der Waals surface area contributed by atoms with Crippen molar-refractivity contribution in [2.75, 3.05) is 17.2 Å². The molecule has 1 aliphatic heterocycles. The molecule has 0 bridgehead atoms. The molecule has 6 heteroatoms. The molecule has 1 aromatic heterocycles. The molecular formula is C12H15N3O2S. The van der Waals surface area contributed by atoms with Crippen LogP contribution in [0.15, 0.2) is 18.2 Å². The van der Waals surface area contributed by atoms with Gasteiger partial charge in [-0.05, 0) is 25.0 Å². The predicted molar refractivity (Wildman–Crippen MR) is 71.2 cm³/mol. The summed E-state index contributed by atoms with van der Waals surface area (Å²) in [7, 11) is -2.92. The van der Waals surface area contributed by atoms with E-state index >= 15 is 0 Å². The summed E-state index contributed by atoms with van der Waals surface area (Å²) in [6.45, 7) is 1.99. The van der Waals surface area contributed by atoms with Gasteiger partial charge in [0, 0.05) is 0 Å². The third-order valence-corrected chi connectivity index (χ3v) is 5.26. The molecule has 1 aromatic carbocycles. The first-order valence-electron chi connectivity index (χ1n) is 5.91. The molecule has 1 aliphatic rings. The van der Waals surface area contributed by atoms with E-state index in [-0.39, 0.29) is 17.5 Å². The quantitative estimate of drug-likeness (QED) is 0.842. The molecule has 0 aliphatic carbocycles. The van der Waals surface area contributed by atoms with Crippen molar-refractivity contribution in [1.82, 2.24) is 9.55 Å². The minimum Gasteiger partial charge on any atom is -0.369 e. The number of fused-ring (bicyclic) bond motifs is 1. The van der Waals surface area contributed by atoms with Gasteiger partial charge in [-0.2, -0.15) is 0 Å². The summed E-state index contributed by atoms with van der Waals surface area (Å²) >= 11 is 0. The molecule has 0 amide bonds. The van der Waals surface area contributed by atoms with Gasteiger partial charge in [0.2, 0.25) is 5.95 Å². The standard InChI is InChI=1S/C12H15N3O2S/c1-8-3-2-4-10-11(8)15(12(13)14-10)9-5-6-18(16,17)7-9/h2-4,9H,5-7H2,1H3,(H2,13,14).